The Balaban J connectivity index is 2.31. The highest BCUT2D eigenvalue weighted by Crippen LogP contribution is 2.26. The first-order chi connectivity index (χ1) is 9.12. The van der Waals surface area contributed by atoms with Crippen molar-refractivity contribution >= 4 is 17.5 Å². The third-order valence-electron chi connectivity index (χ3n) is 2.24. The van der Waals surface area contributed by atoms with Gasteiger partial charge in [0.25, 0.3) is 0 Å². The van der Waals surface area contributed by atoms with Crippen LogP contribution in [-0.2, 0) is 0 Å². The summed E-state index contributed by atoms with van der Waals surface area (Å²) in [6, 6.07) is 5.39. The smallest absolute Gasteiger partial charge is 0.330 e. The van der Waals surface area contributed by atoms with Gasteiger partial charge in [0.2, 0.25) is 5.95 Å². The van der Waals surface area contributed by atoms with Gasteiger partial charge in [-0.3, -0.25) is 5.43 Å². The summed E-state index contributed by atoms with van der Waals surface area (Å²) in [6.45, 7) is 1.86. The van der Waals surface area contributed by atoms with E-state index in [1.54, 1.807) is 18.2 Å². The van der Waals surface area contributed by atoms with E-state index in [0.29, 0.717) is 10.8 Å². The third kappa shape index (κ3) is 3.21. The molecule has 0 spiro atoms. The second-order valence-electron chi connectivity index (χ2n) is 3.58. The molecule has 0 fully saturated rings. The molecular weight excluding hydrogens is 270 g/mol. The Morgan fingerprint density at radius 1 is 1.21 bits per heavy atom. The number of nitrogens with one attached hydrogen (secondary N) is 1. The maximum Gasteiger partial charge on any atom is 0.330 e. The number of anilines is 1. The van der Waals surface area contributed by atoms with E-state index in [2.05, 4.69) is 20.4 Å². The molecule has 0 aliphatic heterocycles. The standard InChI is InChI=1S/C11H12ClN5O2/c1-6-5-7(12)3-4-8(6)19-11-15-9(17-13)14-10(16-11)18-2/h3-5H,13H2,1-2H3,(H,14,15,16,17). The van der Waals surface area contributed by atoms with Crippen molar-refractivity contribution in [2.75, 3.05) is 12.5 Å². The first-order valence-corrected chi connectivity index (χ1v) is 5.71. The van der Waals surface area contributed by atoms with Crippen molar-refractivity contribution in [2.45, 2.75) is 6.92 Å². The lowest BCUT2D eigenvalue weighted by Crippen LogP contribution is -2.12. The molecule has 0 aliphatic carbocycles. The second kappa shape index (κ2) is 5.68. The van der Waals surface area contributed by atoms with Crippen molar-refractivity contribution in [3.05, 3.63) is 28.8 Å². The minimum Gasteiger partial charge on any atom is -0.467 e. The number of nitrogens with two attached hydrogens (primary N) is 1. The lowest BCUT2D eigenvalue weighted by atomic mass is 10.2. The Kier molecular flexibility index (Phi) is 3.98. The molecule has 0 unspecified atom stereocenters. The SMILES string of the molecule is COc1nc(NN)nc(Oc2ccc(Cl)cc2C)n1. The molecule has 0 saturated carbocycles. The number of hydrogen-bond donors (Lipinski definition) is 2. The third-order valence-corrected chi connectivity index (χ3v) is 2.48. The van der Waals surface area contributed by atoms with Crippen LogP contribution in [0, 0.1) is 6.92 Å². The number of rotatable bonds is 4. The van der Waals surface area contributed by atoms with Crippen LogP contribution in [0.1, 0.15) is 5.56 Å². The predicted octanol–water partition coefficient (Wildman–Crippen LogP) is 1.92. The zero-order valence-corrected chi connectivity index (χ0v) is 11.1. The fourth-order valence-corrected chi connectivity index (χ4v) is 1.59. The topological polar surface area (TPSA) is 95.2 Å². The van der Waals surface area contributed by atoms with E-state index in [-0.39, 0.29) is 18.0 Å². The number of nitrogen functional groups attached to an aromatic ring is 1. The van der Waals surface area contributed by atoms with Crippen LogP contribution in [-0.4, -0.2) is 22.1 Å². The molecular formula is C11H12ClN5O2. The number of benzene rings is 1. The summed E-state index contributed by atoms with van der Waals surface area (Å²) in [6.07, 6.45) is 0. The summed E-state index contributed by atoms with van der Waals surface area (Å²) in [5.41, 5.74) is 3.16. The van der Waals surface area contributed by atoms with Gasteiger partial charge in [-0.2, -0.15) is 9.97 Å². The van der Waals surface area contributed by atoms with Crippen molar-refractivity contribution in [3.63, 3.8) is 0 Å². The molecule has 100 valence electrons. The molecule has 1 aromatic carbocycles. The Morgan fingerprint density at radius 2 is 1.95 bits per heavy atom. The monoisotopic (exact) mass is 281 g/mol. The van der Waals surface area contributed by atoms with Crippen LogP contribution in [0.25, 0.3) is 0 Å². The summed E-state index contributed by atoms with van der Waals surface area (Å²) >= 11 is 5.87. The van der Waals surface area contributed by atoms with Gasteiger partial charge < -0.3 is 9.47 Å². The summed E-state index contributed by atoms with van der Waals surface area (Å²) in [5.74, 6) is 5.98. The molecule has 0 saturated heterocycles. The molecule has 2 rings (SSSR count). The maximum absolute atomic E-state index is 5.87. The van der Waals surface area contributed by atoms with Gasteiger partial charge in [0, 0.05) is 5.02 Å². The van der Waals surface area contributed by atoms with E-state index in [4.69, 9.17) is 26.9 Å². The summed E-state index contributed by atoms with van der Waals surface area (Å²) in [5, 5.41) is 0.627. The highest BCUT2D eigenvalue weighted by molar-refractivity contribution is 6.30. The van der Waals surface area contributed by atoms with E-state index in [1.807, 2.05) is 6.92 Å². The van der Waals surface area contributed by atoms with Crippen LogP contribution in [0.5, 0.6) is 17.8 Å². The lowest BCUT2D eigenvalue weighted by Gasteiger charge is -2.08. The number of hydrogen-bond acceptors (Lipinski definition) is 7. The Labute approximate surface area is 114 Å². The fourth-order valence-electron chi connectivity index (χ4n) is 1.37. The Morgan fingerprint density at radius 3 is 2.58 bits per heavy atom. The molecule has 0 radical (unpaired) electrons. The number of nitrogens with zero attached hydrogens (tertiary/aromatic N) is 3. The number of aryl methyl sites for hydroxylation is 1. The van der Waals surface area contributed by atoms with Crippen LogP contribution in [0.2, 0.25) is 5.02 Å². The molecule has 0 aliphatic rings. The molecule has 3 N–H and O–H groups in total. The quantitative estimate of drug-likeness (QED) is 0.653. The molecule has 19 heavy (non-hydrogen) atoms. The highest BCUT2D eigenvalue weighted by atomic mass is 35.5. The van der Waals surface area contributed by atoms with Crippen LogP contribution in [0.4, 0.5) is 5.95 Å². The van der Waals surface area contributed by atoms with Crippen LogP contribution < -0.4 is 20.7 Å². The number of ether oxygens (including phenoxy) is 2. The number of aromatic nitrogens is 3. The van der Waals surface area contributed by atoms with E-state index in [9.17, 15) is 0 Å². The van der Waals surface area contributed by atoms with Gasteiger partial charge in [-0.05, 0) is 30.7 Å². The van der Waals surface area contributed by atoms with Gasteiger partial charge in [0.05, 0.1) is 7.11 Å². The second-order valence-corrected chi connectivity index (χ2v) is 4.02. The largest absolute Gasteiger partial charge is 0.467 e. The highest BCUT2D eigenvalue weighted by Gasteiger charge is 2.09. The molecule has 0 amide bonds. The predicted molar refractivity (Wildman–Crippen MR) is 70.5 cm³/mol. The molecule has 0 atom stereocenters. The first kappa shape index (κ1) is 13.3. The number of halogens is 1. The van der Waals surface area contributed by atoms with Crippen LogP contribution in [0.15, 0.2) is 18.2 Å². The van der Waals surface area contributed by atoms with Gasteiger partial charge in [-0.1, -0.05) is 11.6 Å². The van der Waals surface area contributed by atoms with E-state index in [0.717, 1.165) is 5.56 Å². The van der Waals surface area contributed by atoms with Gasteiger partial charge in [0.1, 0.15) is 5.75 Å². The molecule has 1 aromatic heterocycles. The summed E-state index contributed by atoms with van der Waals surface area (Å²) in [4.78, 5) is 11.8. The van der Waals surface area contributed by atoms with Crippen molar-refractivity contribution in [1.82, 2.24) is 15.0 Å². The van der Waals surface area contributed by atoms with E-state index in [1.165, 1.54) is 7.11 Å². The normalized spacial score (nSPS) is 10.1. The van der Waals surface area contributed by atoms with Gasteiger partial charge in [0.15, 0.2) is 0 Å². The average Bonchev–Trinajstić information content (AvgIpc) is 2.41. The molecule has 7 nitrogen and oxygen atoms in total. The van der Waals surface area contributed by atoms with Crippen molar-refractivity contribution in [3.8, 4) is 17.8 Å². The fraction of sp³-hybridized carbons (Fsp3) is 0.182. The van der Waals surface area contributed by atoms with Crippen LogP contribution >= 0.6 is 11.6 Å². The molecule has 0 bridgehead atoms. The van der Waals surface area contributed by atoms with Gasteiger partial charge in [-0.25, -0.2) is 5.84 Å². The Hall–Kier alpha value is -2.12. The zero-order chi connectivity index (χ0) is 13.8. The van der Waals surface area contributed by atoms with Crippen LogP contribution in [0.3, 0.4) is 0 Å². The number of methoxy groups -OCH3 is 1. The van der Waals surface area contributed by atoms with Crippen molar-refractivity contribution < 1.29 is 9.47 Å². The average molecular weight is 282 g/mol. The Bertz CT molecular complexity index is 571. The van der Waals surface area contributed by atoms with Crippen molar-refractivity contribution in [1.29, 1.82) is 0 Å². The lowest BCUT2D eigenvalue weighted by molar-refractivity contribution is 0.359. The van der Waals surface area contributed by atoms with E-state index < -0.39 is 0 Å². The minimum atomic E-state index is 0.0743. The van der Waals surface area contributed by atoms with Crippen molar-refractivity contribution in [2.24, 2.45) is 5.84 Å². The summed E-state index contributed by atoms with van der Waals surface area (Å²) < 4.78 is 10.5. The van der Waals surface area contributed by atoms with Gasteiger partial charge in [-0.15, -0.1) is 4.98 Å². The maximum atomic E-state index is 5.87. The molecule has 1 heterocycles. The summed E-state index contributed by atoms with van der Waals surface area (Å²) in [7, 11) is 1.44. The van der Waals surface area contributed by atoms with E-state index >= 15 is 0 Å². The minimum absolute atomic E-state index is 0.0743. The zero-order valence-electron chi connectivity index (χ0n) is 10.3. The molecule has 2 aromatic rings. The molecule has 8 heteroatoms. The number of hydrazine groups is 1. The first-order valence-electron chi connectivity index (χ1n) is 5.33. The van der Waals surface area contributed by atoms with Gasteiger partial charge >= 0.3 is 12.0 Å².